The molecule has 17 heavy (non-hydrogen) atoms. The molecule has 1 aliphatic rings. The molecule has 6 nitrogen and oxygen atoms in total. The standard InChI is InChI=1S/C11H16N4O2/c12-8-5-9(15-6-8)11(17)14-4-3-13-10(16)7-1-2-7/h5-7,15H,1-4,12H2,(H,13,16)(H,14,17). The van der Waals surface area contributed by atoms with Crippen molar-refractivity contribution in [3.05, 3.63) is 18.0 Å². The Morgan fingerprint density at radius 2 is 2.06 bits per heavy atom. The number of nitrogens with two attached hydrogens (primary N) is 1. The third-order valence-corrected chi connectivity index (χ3v) is 2.61. The number of aromatic amines is 1. The van der Waals surface area contributed by atoms with Gasteiger partial charge in [0.05, 0.1) is 0 Å². The van der Waals surface area contributed by atoms with Gasteiger partial charge in [0.2, 0.25) is 5.91 Å². The number of amides is 2. The van der Waals surface area contributed by atoms with Crippen LogP contribution in [-0.4, -0.2) is 29.9 Å². The maximum absolute atomic E-state index is 11.5. The van der Waals surface area contributed by atoms with Crippen LogP contribution in [0.4, 0.5) is 5.69 Å². The number of rotatable bonds is 5. The Hall–Kier alpha value is -1.98. The highest BCUT2D eigenvalue weighted by Gasteiger charge is 2.28. The highest BCUT2D eigenvalue weighted by molar-refractivity contribution is 5.93. The van der Waals surface area contributed by atoms with Gasteiger partial charge in [0.1, 0.15) is 5.69 Å². The first-order valence-corrected chi connectivity index (χ1v) is 5.66. The summed E-state index contributed by atoms with van der Waals surface area (Å²) in [6.07, 6.45) is 3.53. The van der Waals surface area contributed by atoms with E-state index in [0.29, 0.717) is 24.5 Å². The van der Waals surface area contributed by atoms with Crippen LogP contribution in [0.25, 0.3) is 0 Å². The third kappa shape index (κ3) is 3.24. The molecule has 0 unspecified atom stereocenters. The molecule has 0 atom stereocenters. The minimum Gasteiger partial charge on any atom is -0.397 e. The summed E-state index contributed by atoms with van der Waals surface area (Å²) in [5.41, 5.74) is 6.43. The Morgan fingerprint density at radius 1 is 1.35 bits per heavy atom. The number of H-pyrrole nitrogens is 1. The molecule has 1 saturated carbocycles. The van der Waals surface area contributed by atoms with Gasteiger partial charge in [-0.05, 0) is 18.9 Å². The van der Waals surface area contributed by atoms with Crippen molar-refractivity contribution in [1.82, 2.24) is 15.6 Å². The minimum atomic E-state index is -0.220. The number of nitrogen functional groups attached to an aromatic ring is 1. The number of aromatic nitrogens is 1. The number of carbonyl (C=O) groups is 2. The number of hydrogen-bond donors (Lipinski definition) is 4. The van der Waals surface area contributed by atoms with E-state index >= 15 is 0 Å². The number of carbonyl (C=O) groups excluding carboxylic acids is 2. The highest BCUT2D eigenvalue weighted by Crippen LogP contribution is 2.28. The van der Waals surface area contributed by atoms with Crippen LogP contribution in [-0.2, 0) is 4.79 Å². The summed E-state index contributed by atoms with van der Waals surface area (Å²) in [7, 11) is 0. The lowest BCUT2D eigenvalue weighted by Gasteiger charge is -2.05. The van der Waals surface area contributed by atoms with Crippen LogP contribution in [0.2, 0.25) is 0 Å². The predicted molar refractivity (Wildman–Crippen MR) is 63.3 cm³/mol. The molecule has 0 saturated heterocycles. The van der Waals surface area contributed by atoms with Gasteiger partial charge in [-0.15, -0.1) is 0 Å². The predicted octanol–water partition coefficient (Wildman–Crippen LogP) is -0.147. The molecule has 6 heteroatoms. The molecule has 2 amide bonds. The first-order chi connectivity index (χ1) is 8.16. The lowest BCUT2D eigenvalue weighted by Crippen LogP contribution is -2.35. The SMILES string of the molecule is Nc1c[nH]c(C(=O)NCCNC(=O)C2CC2)c1. The van der Waals surface area contributed by atoms with E-state index in [1.807, 2.05) is 0 Å². The number of hydrogen-bond acceptors (Lipinski definition) is 3. The van der Waals surface area contributed by atoms with Crippen LogP contribution in [0.3, 0.4) is 0 Å². The molecular weight excluding hydrogens is 220 g/mol. The zero-order valence-corrected chi connectivity index (χ0v) is 9.45. The zero-order valence-electron chi connectivity index (χ0n) is 9.45. The lowest BCUT2D eigenvalue weighted by molar-refractivity contribution is -0.122. The second-order valence-electron chi connectivity index (χ2n) is 4.17. The van der Waals surface area contributed by atoms with Crippen molar-refractivity contribution in [3.8, 4) is 0 Å². The molecule has 92 valence electrons. The average molecular weight is 236 g/mol. The molecule has 0 bridgehead atoms. The van der Waals surface area contributed by atoms with Crippen LogP contribution < -0.4 is 16.4 Å². The van der Waals surface area contributed by atoms with Gasteiger partial charge < -0.3 is 21.4 Å². The molecule has 0 radical (unpaired) electrons. The Morgan fingerprint density at radius 3 is 2.65 bits per heavy atom. The van der Waals surface area contributed by atoms with Crippen molar-refractivity contribution in [3.63, 3.8) is 0 Å². The van der Waals surface area contributed by atoms with Crippen molar-refractivity contribution >= 4 is 17.5 Å². The van der Waals surface area contributed by atoms with Crippen molar-refractivity contribution in [2.75, 3.05) is 18.8 Å². The van der Waals surface area contributed by atoms with Gasteiger partial charge in [0.15, 0.2) is 0 Å². The third-order valence-electron chi connectivity index (χ3n) is 2.61. The largest absolute Gasteiger partial charge is 0.397 e. The van der Waals surface area contributed by atoms with Gasteiger partial charge in [-0.1, -0.05) is 0 Å². The second kappa shape index (κ2) is 4.90. The normalized spacial score (nSPS) is 14.4. The molecule has 1 fully saturated rings. The van der Waals surface area contributed by atoms with Gasteiger partial charge >= 0.3 is 0 Å². The summed E-state index contributed by atoms with van der Waals surface area (Å²) >= 11 is 0. The van der Waals surface area contributed by atoms with Crippen molar-refractivity contribution in [2.24, 2.45) is 5.92 Å². The van der Waals surface area contributed by atoms with Crippen LogP contribution in [0, 0.1) is 5.92 Å². The lowest BCUT2D eigenvalue weighted by atomic mass is 10.3. The van der Waals surface area contributed by atoms with E-state index < -0.39 is 0 Å². The Bertz CT molecular complexity index is 423. The molecule has 1 aliphatic carbocycles. The van der Waals surface area contributed by atoms with E-state index in [2.05, 4.69) is 15.6 Å². The van der Waals surface area contributed by atoms with E-state index in [9.17, 15) is 9.59 Å². The molecule has 0 aliphatic heterocycles. The molecule has 5 N–H and O–H groups in total. The Balaban J connectivity index is 1.64. The minimum absolute atomic E-state index is 0.0865. The van der Waals surface area contributed by atoms with Crippen LogP contribution in [0.5, 0.6) is 0 Å². The second-order valence-corrected chi connectivity index (χ2v) is 4.17. The van der Waals surface area contributed by atoms with Crippen molar-refractivity contribution < 1.29 is 9.59 Å². The first-order valence-electron chi connectivity index (χ1n) is 5.66. The maximum atomic E-state index is 11.5. The fourth-order valence-corrected chi connectivity index (χ4v) is 1.49. The average Bonchev–Trinajstić information content (AvgIpc) is 3.07. The summed E-state index contributed by atoms with van der Waals surface area (Å²) < 4.78 is 0. The molecule has 1 heterocycles. The topological polar surface area (TPSA) is 100 Å². The van der Waals surface area contributed by atoms with E-state index in [1.54, 1.807) is 12.3 Å². The van der Waals surface area contributed by atoms with E-state index in [0.717, 1.165) is 12.8 Å². The molecule has 1 aromatic heterocycles. The van der Waals surface area contributed by atoms with Crippen LogP contribution >= 0.6 is 0 Å². The molecule has 1 aromatic rings. The fraction of sp³-hybridized carbons (Fsp3) is 0.455. The van der Waals surface area contributed by atoms with Gasteiger partial charge in [0.25, 0.3) is 5.91 Å². The summed E-state index contributed by atoms with van der Waals surface area (Å²) in [4.78, 5) is 25.6. The van der Waals surface area contributed by atoms with Gasteiger partial charge in [-0.25, -0.2) is 0 Å². The number of nitrogens with one attached hydrogen (secondary N) is 3. The monoisotopic (exact) mass is 236 g/mol. The number of anilines is 1. The fourth-order valence-electron chi connectivity index (χ4n) is 1.49. The van der Waals surface area contributed by atoms with Crippen LogP contribution in [0.1, 0.15) is 23.3 Å². The van der Waals surface area contributed by atoms with Crippen molar-refractivity contribution in [1.29, 1.82) is 0 Å². The summed E-state index contributed by atoms with van der Waals surface area (Å²) in [6, 6.07) is 1.57. The molecule has 0 aromatic carbocycles. The summed E-state index contributed by atoms with van der Waals surface area (Å²) in [6.45, 7) is 0.869. The van der Waals surface area contributed by atoms with Crippen LogP contribution in [0.15, 0.2) is 12.3 Å². The van der Waals surface area contributed by atoms with E-state index in [1.165, 1.54) is 0 Å². The van der Waals surface area contributed by atoms with Gasteiger partial charge in [0, 0.05) is 30.9 Å². The van der Waals surface area contributed by atoms with Gasteiger partial charge in [-0.3, -0.25) is 9.59 Å². The smallest absolute Gasteiger partial charge is 0.267 e. The van der Waals surface area contributed by atoms with Gasteiger partial charge in [-0.2, -0.15) is 0 Å². The summed E-state index contributed by atoms with van der Waals surface area (Å²) in [5, 5.41) is 5.45. The Labute approximate surface area is 99.0 Å². The highest BCUT2D eigenvalue weighted by atomic mass is 16.2. The zero-order chi connectivity index (χ0) is 12.3. The summed E-state index contributed by atoms with van der Waals surface area (Å²) in [5.74, 6) is 0.0691. The molecule has 0 spiro atoms. The quantitative estimate of drug-likeness (QED) is 0.535. The van der Waals surface area contributed by atoms with E-state index in [-0.39, 0.29) is 17.7 Å². The Kier molecular flexibility index (Phi) is 3.32. The first kappa shape index (κ1) is 11.5. The molecule has 2 rings (SSSR count). The van der Waals surface area contributed by atoms with E-state index in [4.69, 9.17) is 5.73 Å². The maximum Gasteiger partial charge on any atom is 0.267 e. The van der Waals surface area contributed by atoms with Crippen molar-refractivity contribution in [2.45, 2.75) is 12.8 Å². The molecular formula is C11H16N4O2.